The number of nitrogens with one attached hydrogen (secondary N) is 1. The average Bonchev–Trinajstić information content (AvgIpc) is 3.19. The summed E-state index contributed by atoms with van der Waals surface area (Å²) in [5.74, 6) is 1.58. The van der Waals surface area contributed by atoms with Crippen molar-refractivity contribution in [3.63, 3.8) is 0 Å². The number of aromatic nitrogens is 2. The van der Waals surface area contributed by atoms with Crippen LogP contribution >= 0.6 is 0 Å². The third kappa shape index (κ3) is 3.09. The van der Waals surface area contributed by atoms with E-state index in [1.165, 1.54) is 6.42 Å². The normalized spacial score (nSPS) is 27.3. The van der Waals surface area contributed by atoms with Gasteiger partial charge in [-0.25, -0.2) is 9.97 Å². The number of hydrogen-bond acceptors (Lipinski definition) is 5. The van der Waals surface area contributed by atoms with Crippen LogP contribution in [-0.4, -0.2) is 21.9 Å². The summed E-state index contributed by atoms with van der Waals surface area (Å²) in [6, 6.07) is 7.55. The lowest BCUT2D eigenvalue weighted by Crippen LogP contribution is -2.42. The fourth-order valence-electron chi connectivity index (χ4n) is 4.22. The number of anilines is 1. The Hall–Kier alpha value is -2.47. The van der Waals surface area contributed by atoms with Crippen molar-refractivity contribution in [2.24, 2.45) is 23.5 Å². The lowest BCUT2D eigenvalue weighted by molar-refractivity contribution is -0.121. The summed E-state index contributed by atoms with van der Waals surface area (Å²) in [6.45, 7) is 1.94. The van der Waals surface area contributed by atoms with Crippen molar-refractivity contribution in [2.75, 3.05) is 5.32 Å². The van der Waals surface area contributed by atoms with Crippen LogP contribution < -0.4 is 15.8 Å². The second-order valence-corrected chi connectivity index (χ2v) is 7.04. The number of fused-ring (bicyclic) bond motifs is 2. The number of aryl methyl sites for hydroxylation is 1. The molecule has 0 saturated heterocycles. The summed E-state index contributed by atoms with van der Waals surface area (Å²) in [7, 11) is 0. The van der Waals surface area contributed by atoms with E-state index in [-0.39, 0.29) is 17.9 Å². The van der Waals surface area contributed by atoms with Crippen LogP contribution in [0.5, 0.6) is 11.8 Å². The molecule has 1 amide bonds. The highest BCUT2D eigenvalue weighted by atomic mass is 16.5. The first kappa shape index (κ1) is 16.0. The Balaban J connectivity index is 1.45. The lowest BCUT2D eigenvalue weighted by Gasteiger charge is -2.27. The molecule has 0 radical (unpaired) electrons. The molecule has 25 heavy (non-hydrogen) atoms. The van der Waals surface area contributed by atoms with Gasteiger partial charge in [-0.05, 0) is 67.9 Å². The number of nitrogens with zero attached hydrogens (tertiary/aromatic N) is 2. The quantitative estimate of drug-likeness (QED) is 0.894. The molecule has 4 unspecified atom stereocenters. The van der Waals surface area contributed by atoms with Crippen molar-refractivity contribution < 1.29 is 9.53 Å². The summed E-state index contributed by atoms with van der Waals surface area (Å²) in [6.07, 6.45) is 6.65. The highest BCUT2D eigenvalue weighted by Crippen LogP contribution is 2.48. The summed E-state index contributed by atoms with van der Waals surface area (Å²) < 4.78 is 5.62. The van der Waals surface area contributed by atoms with Gasteiger partial charge < -0.3 is 15.8 Å². The van der Waals surface area contributed by atoms with Gasteiger partial charge in [0.05, 0.1) is 5.92 Å². The molecule has 2 bridgehead atoms. The van der Waals surface area contributed by atoms with Gasteiger partial charge >= 0.3 is 6.01 Å². The van der Waals surface area contributed by atoms with Gasteiger partial charge in [-0.15, -0.1) is 0 Å². The number of ether oxygens (including phenoxy) is 1. The summed E-state index contributed by atoms with van der Waals surface area (Å²) in [4.78, 5) is 20.8. The third-order valence-electron chi connectivity index (χ3n) is 5.49. The van der Waals surface area contributed by atoms with Crippen LogP contribution in [0, 0.1) is 24.7 Å². The number of benzene rings is 1. The lowest BCUT2D eigenvalue weighted by atomic mass is 9.84. The summed E-state index contributed by atoms with van der Waals surface area (Å²) in [5.41, 5.74) is 7.99. The van der Waals surface area contributed by atoms with Gasteiger partial charge in [0, 0.05) is 24.1 Å². The van der Waals surface area contributed by atoms with Crippen molar-refractivity contribution in [1.29, 1.82) is 0 Å². The molecule has 6 heteroatoms. The van der Waals surface area contributed by atoms with Gasteiger partial charge in [0.15, 0.2) is 0 Å². The highest BCUT2D eigenvalue weighted by Gasteiger charge is 2.49. The van der Waals surface area contributed by atoms with Crippen molar-refractivity contribution in [3.8, 4) is 11.8 Å². The zero-order chi connectivity index (χ0) is 17.4. The molecular weight excluding hydrogens is 316 g/mol. The molecule has 2 aliphatic rings. The SMILES string of the molecule is Cc1cc(Oc2ncccn2)ccc1NC(=O)C1C2CCC(C2)C1N. The van der Waals surface area contributed by atoms with Crippen molar-refractivity contribution >= 4 is 11.6 Å². The molecule has 0 spiro atoms. The molecule has 1 aromatic carbocycles. The smallest absolute Gasteiger partial charge is 0.321 e. The first-order valence-electron chi connectivity index (χ1n) is 8.74. The van der Waals surface area contributed by atoms with Gasteiger partial charge in [0.2, 0.25) is 5.91 Å². The number of nitrogens with two attached hydrogens (primary N) is 1. The fraction of sp³-hybridized carbons (Fsp3) is 0.421. The Morgan fingerprint density at radius 3 is 2.68 bits per heavy atom. The maximum absolute atomic E-state index is 12.7. The number of rotatable bonds is 4. The molecule has 6 nitrogen and oxygen atoms in total. The van der Waals surface area contributed by atoms with E-state index >= 15 is 0 Å². The molecule has 2 saturated carbocycles. The van der Waals surface area contributed by atoms with E-state index < -0.39 is 0 Å². The van der Waals surface area contributed by atoms with Crippen LogP contribution in [0.3, 0.4) is 0 Å². The third-order valence-corrected chi connectivity index (χ3v) is 5.49. The molecule has 2 aliphatic carbocycles. The maximum atomic E-state index is 12.7. The maximum Gasteiger partial charge on any atom is 0.321 e. The minimum Gasteiger partial charge on any atom is -0.424 e. The van der Waals surface area contributed by atoms with Gasteiger partial charge in [-0.3, -0.25) is 4.79 Å². The zero-order valence-electron chi connectivity index (χ0n) is 14.2. The van der Waals surface area contributed by atoms with Crippen LogP contribution in [-0.2, 0) is 4.79 Å². The molecule has 2 fully saturated rings. The van der Waals surface area contributed by atoms with E-state index in [2.05, 4.69) is 15.3 Å². The molecule has 1 aromatic heterocycles. The monoisotopic (exact) mass is 338 g/mol. The van der Waals surface area contributed by atoms with E-state index in [0.717, 1.165) is 24.1 Å². The average molecular weight is 338 g/mol. The second kappa shape index (κ2) is 6.44. The number of carbonyl (C=O) groups is 1. The topological polar surface area (TPSA) is 90.1 Å². The van der Waals surface area contributed by atoms with Crippen LogP contribution in [0.4, 0.5) is 5.69 Å². The Bertz CT molecular complexity index is 778. The summed E-state index contributed by atoms with van der Waals surface area (Å²) in [5, 5.41) is 3.05. The minimum absolute atomic E-state index is 0.00288. The van der Waals surface area contributed by atoms with E-state index in [1.54, 1.807) is 24.5 Å². The van der Waals surface area contributed by atoms with Crippen LogP contribution in [0.25, 0.3) is 0 Å². The Morgan fingerprint density at radius 1 is 1.24 bits per heavy atom. The van der Waals surface area contributed by atoms with Crippen LogP contribution in [0.2, 0.25) is 0 Å². The number of carbonyl (C=O) groups excluding carboxylic acids is 1. The van der Waals surface area contributed by atoms with E-state index in [0.29, 0.717) is 23.6 Å². The standard InChI is InChI=1S/C19H22N4O2/c1-11-9-14(25-19-21-7-2-8-22-19)5-6-15(11)23-18(24)16-12-3-4-13(10-12)17(16)20/h2,5-9,12-13,16-17H,3-4,10,20H2,1H3,(H,23,24). The summed E-state index contributed by atoms with van der Waals surface area (Å²) >= 11 is 0. The van der Waals surface area contributed by atoms with Gasteiger partial charge in [0.25, 0.3) is 0 Å². The molecule has 0 aliphatic heterocycles. The molecule has 4 atom stereocenters. The fourth-order valence-corrected chi connectivity index (χ4v) is 4.22. The molecule has 2 aromatic rings. The van der Waals surface area contributed by atoms with E-state index in [4.69, 9.17) is 10.5 Å². The van der Waals surface area contributed by atoms with Gasteiger partial charge in [-0.2, -0.15) is 0 Å². The first-order valence-corrected chi connectivity index (χ1v) is 8.74. The predicted octanol–water partition coefficient (Wildman–Crippen LogP) is 2.89. The molecular formula is C19H22N4O2. The van der Waals surface area contributed by atoms with Gasteiger partial charge in [0.1, 0.15) is 5.75 Å². The van der Waals surface area contributed by atoms with Crippen molar-refractivity contribution in [3.05, 3.63) is 42.2 Å². The van der Waals surface area contributed by atoms with Crippen molar-refractivity contribution in [1.82, 2.24) is 9.97 Å². The Kier molecular flexibility index (Phi) is 4.13. The number of amides is 1. The number of hydrogen-bond donors (Lipinski definition) is 2. The minimum atomic E-state index is -0.0632. The Labute approximate surface area is 146 Å². The Morgan fingerprint density at radius 2 is 2.00 bits per heavy atom. The van der Waals surface area contributed by atoms with Gasteiger partial charge in [-0.1, -0.05) is 0 Å². The molecule has 1 heterocycles. The highest BCUT2D eigenvalue weighted by molar-refractivity contribution is 5.94. The van der Waals surface area contributed by atoms with E-state index in [1.807, 2.05) is 19.1 Å². The second-order valence-electron chi connectivity index (χ2n) is 7.04. The van der Waals surface area contributed by atoms with Crippen molar-refractivity contribution in [2.45, 2.75) is 32.2 Å². The first-order chi connectivity index (χ1) is 12.1. The largest absolute Gasteiger partial charge is 0.424 e. The zero-order valence-corrected chi connectivity index (χ0v) is 14.2. The molecule has 130 valence electrons. The van der Waals surface area contributed by atoms with Crippen LogP contribution in [0.15, 0.2) is 36.7 Å². The van der Waals surface area contributed by atoms with E-state index in [9.17, 15) is 4.79 Å². The molecule has 3 N–H and O–H groups in total. The predicted molar refractivity (Wildman–Crippen MR) is 94.2 cm³/mol. The molecule has 4 rings (SSSR count). The van der Waals surface area contributed by atoms with Crippen LogP contribution in [0.1, 0.15) is 24.8 Å².